The van der Waals surface area contributed by atoms with Crippen LogP contribution in [0.25, 0.3) is 0 Å². The van der Waals surface area contributed by atoms with Crippen molar-refractivity contribution in [2.24, 2.45) is 0 Å². The standard InChI is InChI=1S/C30H46O5/c1-7-11-17-29(9-3,21-23-13-15-25(31)27(19-23)33-5)35-30(10-4,18-12-8-2)22-24-14-16-26(32)28(20-24)34-6/h13-16,19-20,31-32H,7-12,17-18,21-22H2,1-6H3. The molecule has 0 spiro atoms. The van der Waals surface area contributed by atoms with Gasteiger partial charge in [0.25, 0.3) is 0 Å². The molecule has 35 heavy (non-hydrogen) atoms. The number of methoxy groups -OCH3 is 2. The van der Waals surface area contributed by atoms with Crippen molar-refractivity contribution in [2.45, 2.75) is 103 Å². The highest BCUT2D eigenvalue weighted by molar-refractivity contribution is 5.43. The van der Waals surface area contributed by atoms with Gasteiger partial charge in [-0.2, -0.15) is 0 Å². The van der Waals surface area contributed by atoms with Crippen LogP contribution in [-0.4, -0.2) is 35.6 Å². The Hall–Kier alpha value is -2.40. The SMILES string of the molecule is CCCCC(CC)(Cc1ccc(O)c(OC)c1)OC(CC)(CCCC)Cc1ccc(O)c(OC)c1. The molecular weight excluding hydrogens is 440 g/mol. The fourth-order valence-corrected chi connectivity index (χ4v) is 4.96. The minimum atomic E-state index is -0.331. The molecule has 0 bridgehead atoms. The summed E-state index contributed by atoms with van der Waals surface area (Å²) in [4.78, 5) is 0. The van der Waals surface area contributed by atoms with E-state index in [4.69, 9.17) is 14.2 Å². The first-order valence-corrected chi connectivity index (χ1v) is 13.2. The summed E-state index contributed by atoms with van der Waals surface area (Å²) < 4.78 is 18.1. The van der Waals surface area contributed by atoms with E-state index in [-0.39, 0.29) is 22.7 Å². The number of phenols is 2. The van der Waals surface area contributed by atoms with Crippen LogP contribution in [0.3, 0.4) is 0 Å². The second-order valence-electron chi connectivity index (χ2n) is 9.75. The summed E-state index contributed by atoms with van der Waals surface area (Å²) in [5, 5.41) is 20.2. The van der Waals surface area contributed by atoms with Gasteiger partial charge < -0.3 is 24.4 Å². The first-order valence-electron chi connectivity index (χ1n) is 13.2. The molecule has 2 aromatic rings. The predicted molar refractivity (Wildman–Crippen MR) is 143 cm³/mol. The van der Waals surface area contributed by atoms with Gasteiger partial charge in [-0.05, 0) is 61.1 Å². The summed E-state index contributed by atoms with van der Waals surface area (Å²) in [5.74, 6) is 1.29. The third-order valence-electron chi connectivity index (χ3n) is 7.23. The number of ether oxygens (including phenoxy) is 3. The number of unbranched alkanes of at least 4 members (excludes halogenated alkanes) is 2. The molecule has 2 rings (SSSR count). The fraction of sp³-hybridized carbons (Fsp3) is 0.600. The molecule has 2 unspecified atom stereocenters. The molecule has 0 heterocycles. The normalized spacial score (nSPS) is 14.8. The van der Waals surface area contributed by atoms with Crippen LogP contribution >= 0.6 is 0 Å². The van der Waals surface area contributed by atoms with Gasteiger partial charge in [-0.15, -0.1) is 0 Å². The van der Waals surface area contributed by atoms with Gasteiger partial charge in [0, 0.05) is 12.8 Å². The van der Waals surface area contributed by atoms with Crippen LogP contribution in [-0.2, 0) is 17.6 Å². The van der Waals surface area contributed by atoms with Crippen LogP contribution < -0.4 is 9.47 Å². The Labute approximate surface area is 212 Å². The average molecular weight is 487 g/mol. The highest BCUT2D eigenvalue weighted by Gasteiger charge is 2.40. The van der Waals surface area contributed by atoms with Crippen molar-refractivity contribution in [1.82, 2.24) is 0 Å². The maximum Gasteiger partial charge on any atom is 0.160 e. The second kappa shape index (κ2) is 13.6. The highest BCUT2D eigenvalue weighted by Crippen LogP contribution is 2.40. The summed E-state index contributed by atoms with van der Waals surface area (Å²) in [6, 6.07) is 11.2. The summed E-state index contributed by atoms with van der Waals surface area (Å²) in [7, 11) is 3.16. The highest BCUT2D eigenvalue weighted by atomic mass is 16.5. The van der Waals surface area contributed by atoms with Crippen LogP contribution in [0.15, 0.2) is 36.4 Å². The minimum absolute atomic E-state index is 0.153. The third-order valence-corrected chi connectivity index (χ3v) is 7.23. The molecule has 0 amide bonds. The zero-order valence-corrected chi connectivity index (χ0v) is 22.7. The average Bonchev–Trinajstić information content (AvgIpc) is 2.88. The Kier molecular flexibility index (Phi) is 11.2. The third kappa shape index (κ3) is 7.79. The molecule has 0 fully saturated rings. The Morgan fingerprint density at radius 1 is 0.657 bits per heavy atom. The summed E-state index contributed by atoms with van der Waals surface area (Å²) in [5.41, 5.74) is 1.54. The van der Waals surface area contributed by atoms with Crippen molar-refractivity contribution < 1.29 is 24.4 Å². The number of aromatic hydroxyl groups is 2. The molecule has 0 aliphatic rings. The van der Waals surface area contributed by atoms with E-state index in [0.29, 0.717) is 11.5 Å². The molecule has 2 atom stereocenters. The lowest BCUT2D eigenvalue weighted by molar-refractivity contribution is -0.169. The van der Waals surface area contributed by atoms with Gasteiger partial charge in [0.1, 0.15) is 0 Å². The van der Waals surface area contributed by atoms with E-state index < -0.39 is 0 Å². The maximum atomic E-state index is 10.1. The van der Waals surface area contributed by atoms with E-state index in [1.54, 1.807) is 26.4 Å². The number of benzene rings is 2. The molecular formula is C30H46O5. The van der Waals surface area contributed by atoms with E-state index in [2.05, 4.69) is 27.7 Å². The Morgan fingerprint density at radius 3 is 1.37 bits per heavy atom. The topological polar surface area (TPSA) is 68.2 Å². The van der Waals surface area contributed by atoms with Crippen molar-refractivity contribution >= 4 is 0 Å². The van der Waals surface area contributed by atoms with Crippen molar-refractivity contribution in [3.8, 4) is 23.0 Å². The van der Waals surface area contributed by atoms with Crippen molar-refractivity contribution in [3.05, 3.63) is 47.5 Å². The molecule has 0 aliphatic carbocycles. The first kappa shape index (κ1) is 28.8. The van der Waals surface area contributed by atoms with Gasteiger partial charge in [-0.3, -0.25) is 0 Å². The number of rotatable bonds is 16. The lowest BCUT2D eigenvalue weighted by atomic mass is 9.82. The monoisotopic (exact) mass is 486 g/mol. The molecule has 5 nitrogen and oxygen atoms in total. The first-order chi connectivity index (χ1) is 16.8. The predicted octanol–water partition coefficient (Wildman–Crippen LogP) is 7.59. The molecule has 0 radical (unpaired) electrons. The number of phenolic OH excluding ortho intramolecular Hbond substituents is 2. The molecule has 0 saturated heterocycles. The van der Waals surface area contributed by atoms with E-state index in [1.165, 1.54) is 0 Å². The van der Waals surface area contributed by atoms with Gasteiger partial charge in [0.05, 0.1) is 25.4 Å². The molecule has 0 saturated carbocycles. The van der Waals surface area contributed by atoms with E-state index >= 15 is 0 Å². The van der Waals surface area contributed by atoms with Crippen molar-refractivity contribution in [1.29, 1.82) is 0 Å². The molecule has 5 heteroatoms. The van der Waals surface area contributed by atoms with Gasteiger partial charge >= 0.3 is 0 Å². The number of hydrogen-bond acceptors (Lipinski definition) is 5. The minimum Gasteiger partial charge on any atom is -0.504 e. The second-order valence-corrected chi connectivity index (χ2v) is 9.75. The lowest BCUT2D eigenvalue weighted by Gasteiger charge is -2.45. The quantitative estimate of drug-likeness (QED) is 0.256. The zero-order chi connectivity index (χ0) is 25.9. The van der Waals surface area contributed by atoms with Crippen LogP contribution in [0.1, 0.15) is 90.2 Å². The Balaban J connectivity index is 2.47. The molecule has 2 N–H and O–H groups in total. The van der Waals surface area contributed by atoms with Crippen molar-refractivity contribution in [3.63, 3.8) is 0 Å². The summed E-state index contributed by atoms with van der Waals surface area (Å²) in [6.45, 7) is 8.88. The fourth-order valence-electron chi connectivity index (χ4n) is 4.96. The Morgan fingerprint density at radius 2 is 1.06 bits per heavy atom. The summed E-state index contributed by atoms with van der Waals surface area (Å²) in [6.07, 6.45) is 9.62. The maximum absolute atomic E-state index is 10.1. The summed E-state index contributed by atoms with van der Waals surface area (Å²) >= 11 is 0. The largest absolute Gasteiger partial charge is 0.504 e. The van der Waals surface area contributed by atoms with Crippen LogP contribution in [0.5, 0.6) is 23.0 Å². The lowest BCUT2D eigenvalue weighted by Crippen LogP contribution is -2.47. The van der Waals surface area contributed by atoms with Gasteiger partial charge in [0.15, 0.2) is 23.0 Å². The van der Waals surface area contributed by atoms with Crippen LogP contribution in [0.2, 0.25) is 0 Å². The van der Waals surface area contributed by atoms with E-state index in [0.717, 1.165) is 75.3 Å². The smallest absolute Gasteiger partial charge is 0.160 e. The molecule has 196 valence electrons. The van der Waals surface area contributed by atoms with Crippen LogP contribution in [0, 0.1) is 0 Å². The van der Waals surface area contributed by atoms with E-state index in [9.17, 15) is 10.2 Å². The van der Waals surface area contributed by atoms with Crippen LogP contribution in [0.4, 0.5) is 0 Å². The molecule has 0 aromatic heterocycles. The zero-order valence-electron chi connectivity index (χ0n) is 22.7. The van der Waals surface area contributed by atoms with Crippen molar-refractivity contribution in [2.75, 3.05) is 14.2 Å². The molecule has 2 aromatic carbocycles. The van der Waals surface area contributed by atoms with Gasteiger partial charge in [0.2, 0.25) is 0 Å². The Bertz CT molecular complexity index is 838. The number of hydrogen-bond donors (Lipinski definition) is 2. The molecule has 0 aliphatic heterocycles. The van der Waals surface area contributed by atoms with Gasteiger partial charge in [-0.25, -0.2) is 0 Å². The van der Waals surface area contributed by atoms with E-state index in [1.807, 2.05) is 24.3 Å². The van der Waals surface area contributed by atoms with Gasteiger partial charge in [-0.1, -0.05) is 65.5 Å².